The van der Waals surface area contributed by atoms with Crippen LogP contribution in [0.4, 0.5) is 22.2 Å². The van der Waals surface area contributed by atoms with Crippen molar-refractivity contribution in [1.82, 2.24) is 15.0 Å². The number of aromatic nitrogens is 3. The van der Waals surface area contributed by atoms with Gasteiger partial charge < -0.3 is 28.6 Å². The number of benzene rings is 2. The van der Waals surface area contributed by atoms with Crippen molar-refractivity contribution in [2.75, 3.05) is 61.6 Å². The molecule has 3 heterocycles. The number of hydrogen-bond acceptors (Lipinski definition) is 12. The molecule has 0 aliphatic carbocycles. The van der Waals surface area contributed by atoms with Crippen LogP contribution in [0.5, 0.6) is 23.1 Å². The highest BCUT2D eigenvalue weighted by Gasteiger charge is 2.26. The number of rotatable bonds is 13. The minimum atomic E-state index is -4.11. The van der Waals surface area contributed by atoms with Gasteiger partial charge in [-0.25, -0.2) is 13.2 Å². The van der Waals surface area contributed by atoms with E-state index in [0.29, 0.717) is 43.3 Å². The number of carbonyl (C=O) groups is 1. The summed E-state index contributed by atoms with van der Waals surface area (Å²) in [5.41, 5.74) is 1.15. The predicted octanol–water partition coefficient (Wildman–Crippen LogP) is 4.55. The number of methoxy groups -OCH3 is 1. The second kappa shape index (κ2) is 15.5. The molecule has 1 fully saturated rings. The van der Waals surface area contributed by atoms with Crippen molar-refractivity contribution in [2.45, 2.75) is 0 Å². The summed E-state index contributed by atoms with van der Waals surface area (Å²) in [4.78, 5) is 27.1. The van der Waals surface area contributed by atoms with Gasteiger partial charge in [0.05, 0.1) is 37.6 Å². The highest BCUT2D eigenvalue weighted by molar-refractivity contribution is 7.95. The minimum absolute atomic E-state index is 0.0941. The molecule has 1 aliphatic rings. The molecular formula is C31H32N6O8S. The van der Waals surface area contributed by atoms with Gasteiger partial charge in [-0.3, -0.25) is 15.0 Å². The Labute approximate surface area is 266 Å². The SMILES string of the molecule is COc1ccccc1Oc1c(NS(=O)(=O)C=Cc2ccccc2)nc(N2CCOCC2)nc1OCCOC(=O)Nc1cccnc1. The number of ether oxygens (including phenoxy) is 5. The molecule has 1 aliphatic heterocycles. The minimum Gasteiger partial charge on any atom is -0.493 e. The van der Waals surface area contributed by atoms with E-state index in [2.05, 4.69) is 25.0 Å². The summed E-state index contributed by atoms with van der Waals surface area (Å²) in [6.07, 6.45) is 3.80. The zero-order valence-corrected chi connectivity index (χ0v) is 25.7. The van der Waals surface area contributed by atoms with Gasteiger partial charge in [0, 0.05) is 19.3 Å². The lowest BCUT2D eigenvalue weighted by atomic mass is 10.2. The van der Waals surface area contributed by atoms with Crippen LogP contribution in [0.1, 0.15) is 5.56 Å². The number of morpholine rings is 1. The van der Waals surface area contributed by atoms with Crippen LogP contribution in [0.25, 0.3) is 6.08 Å². The van der Waals surface area contributed by atoms with Crippen molar-refractivity contribution in [3.63, 3.8) is 0 Å². The molecule has 15 heteroatoms. The Morgan fingerprint density at radius 3 is 2.48 bits per heavy atom. The van der Waals surface area contributed by atoms with E-state index in [4.69, 9.17) is 23.7 Å². The maximum atomic E-state index is 13.3. The van der Waals surface area contributed by atoms with Gasteiger partial charge in [-0.2, -0.15) is 9.97 Å². The number of amides is 1. The van der Waals surface area contributed by atoms with Crippen molar-refractivity contribution in [2.24, 2.45) is 0 Å². The molecule has 4 aromatic rings. The van der Waals surface area contributed by atoms with E-state index in [1.54, 1.807) is 66.9 Å². The van der Waals surface area contributed by atoms with E-state index < -0.39 is 16.1 Å². The number of anilines is 3. The van der Waals surface area contributed by atoms with Crippen molar-refractivity contribution in [3.8, 4) is 23.1 Å². The van der Waals surface area contributed by atoms with Gasteiger partial charge in [-0.1, -0.05) is 42.5 Å². The van der Waals surface area contributed by atoms with E-state index >= 15 is 0 Å². The third kappa shape index (κ3) is 9.06. The van der Waals surface area contributed by atoms with Crippen molar-refractivity contribution < 1.29 is 36.9 Å². The quantitative estimate of drug-likeness (QED) is 0.195. The number of nitrogens with zero attached hydrogens (tertiary/aromatic N) is 4. The summed E-state index contributed by atoms with van der Waals surface area (Å²) in [6.45, 7) is 1.47. The highest BCUT2D eigenvalue weighted by Crippen LogP contribution is 2.41. The summed E-state index contributed by atoms with van der Waals surface area (Å²) in [7, 11) is -2.63. The molecule has 46 heavy (non-hydrogen) atoms. The fourth-order valence-electron chi connectivity index (χ4n) is 4.16. The first-order valence-corrected chi connectivity index (χ1v) is 15.7. The second-order valence-corrected chi connectivity index (χ2v) is 11.1. The van der Waals surface area contributed by atoms with Crippen LogP contribution in [-0.2, 0) is 19.5 Å². The summed E-state index contributed by atoms with van der Waals surface area (Å²) in [6, 6.07) is 19.1. The van der Waals surface area contributed by atoms with E-state index in [1.807, 2.05) is 11.0 Å². The summed E-state index contributed by atoms with van der Waals surface area (Å²) in [5.74, 6) is 0.418. The van der Waals surface area contributed by atoms with Gasteiger partial charge in [0.2, 0.25) is 11.7 Å². The molecule has 0 saturated carbocycles. The van der Waals surface area contributed by atoms with Crippen molar-refractivity contribution in [3.05, 3.63) is 90.1 Å². The largest absolute Gasteiger partial charge is 0.493 e. The Morgan fingerprint density at radius 1 is 0.978 bits per heavy atom. The first-order chi connectivity index (χ1) is 22.4. The fourth-order valence-corrected chi connectivity index (χ4v) is 4.97. The first kappa shape index (κ1) is 32.0. The smallest absolute Gasteiger partial charge is 0.411 e. The van der Waals surface area contributed by atoms with Crippen LogP contribution < -0.4 is 29.1 Å². The van der Waals surface area contributed by atoms with Crippen LogP contribution >= 0.6 is 0 Å². The zero-order valence-electron chi connectivity index (χ0n) is 24.9. The molecule has 0 radical (unpaired) electrons. The van der Waals surface area contributed by atoms with E-state index in [-0.39, 0.29) is 42.4 Å². The second-order valence-electron chi connectivity index (χ2n) is 9.57. The molecule has 2 aromatic carbocycles. The average Bonchev–Trinajstić information content (AvgIpc) is 3.08. The monoisotopic (exact) mass is 648 g/mol. The number of hydrogen-bond donors (Lipinski definition) is 2. The molecule has 0 atom stereocenters. The molecule has 5 rings (SSSR count). The Hall–Kier alpha value is -5.41. The zero-order chi connectivity index (χ0) is 32.2. The van der Waals surface area contributed by atoms with Crippen LogP contribution in [0.2, 0.25) is 0 Å². The van der Waals surface area contributed by atoms with Gasteiger partial charge in [-0.05, 0) is 35.9 Å². The van der Waals surface area contributed by atoms with E-state index in [1.165, 1.54) is 19.4 Å². The summed E-state index contributed by atoms with van der Waals surface area (Å²) >= 11 is 0. The average molecular weight is 649 g/mol. The van der Waals surface area contributed by atoms with Crippen molar-refractivity contribution in [1.29, 1.82) is 0 Å². The molecule has 2 N–H and O–H groups in total. The molecule has 2 aromatic heterocycles. The number of sulfonamides is 1. The Kier molecular flexibility index (Phi) is 10.8. The van der Waals surface area contributed by atoms with Gasteiger partial charge in [0.15, 0.2) is 17.3 Å². The third-order valence-corrected chi connectivity index (χ3v) is 7.31. The van der Waals surface area contributed by atoms with Crippen LogP contribution in [0.3, 0.4) is 0 Å². The topological polar surface area (TPSA) is 163 Å². The molecule has 0 unspecified atom stereocenters. The molecule has 14 nitrogen and oxygen atoms in total. The first-order valence-electron chi connectivity index (χ1n) is 14.2. The molecule has 0 bridgehead atoms. The fraction of sp³-hybridized carbons (Fsp3) is 0.226. The van der Waals surface area contributed by atoms with Crippen LogP contribution in [-0.4, -0.2) is 76.1 Å². The number of carbonyl (C=O) groups excluding carboxylic acids is 1. The van der Waals surface area contributed by atoms with Gasteiger partial charge in [-0.15, -0.1) is 0 Å². The molecular weight excluding hydrogens is 616 g/mol. The lowest BCUT2D eigenvalue weighted by Crippen LogP contribution is -2.37. The number of para-hydroxylation sites is 2. The Balaban J connectivity index is 1.45. The highest BCUT2D eigenvalue weighted by atomic mass is 32.2. The number of pyridine rings is 1. The van der Waals surface area contributed by atoms with E-state index in [9.17, 15) is 13.2 Å². The lowest BCUT2D eigenvalue weighted by Gasteiger charge is -2.28. The molecule has 0 spiro atoms. The predicted molar refractivity (Wildman–Crippen MR) is 171 cm³/mol. The van der Waals surface area contributed by atoms with Crippen molar-refractivity contribution >= 4 is 39.6 Å². The Morgan fingerprint density at radius 2 is 1.74 bits per heavy atom. The molecule has 1 amide bonds. The third-order valence-electron chi connectivity index (χ3n) is 6.34. The maximum absolute atomic E-state index is 13.3. The molecule has 240 valence electrons. The van der Waals surface area contributed by atoms with Gasteiger partial charge >= 0.3 is 6.09 Å². The summed E-state index contributed by atoms with van der Waals surface area (Å²) < 4.78 is 57.4. The standard InChI is InChI=1S/C31H32N6O8S/c1-41-25-11-5-6-12-26(25)45-27-28(36-46(39,40)21-13-23-8-3-2-4-9-23)34-30(37-15-17-42-18-16-37)35-29(27)43-19-20-44-31(38)33-24-10-7-14-32-22-24/h2-14,21-22H,15-20H2,1H3,(H,33,38)(H,34,35,36). The Bertz CT molecular complexity index is 1740. The number of nitrogens with one attached hydrogen (secondary N) is 2. The van der Waals surface area contributed by atoms with Gasteiger partial charge in [0.1, 0.15) is 13.2 Å². The lowest BCUT2D eigenvalue weighted by molar-refractivity contribution is 0.121. The maximum Gasteiger partial charge on any atom is 0.411 e. The van der Waals surface area contributed by atoms with E-state index in [0.717, 1.165) is 5.41 Å². The summed E-state index contributed by atoms with van der Waals surface area (Å²) in [5, 5.41) is 3.59. The van der Waals surface area contributed by atoms with Gasteiger partial charge in [0.25, 0.3) is 15.9 Å². The van der Waals surface area contributed by atoms with Crippen LogP contribution in [0.15, 0.2) is 84.5 Å². The van der Waals surface area contributed by atoms with Crippen LogP contribution in [0, 0.1) is 0 Å². The molecule has 1 saturated heterocycles. The normalized spacial score (nSPS) is 13.2.